The summed E-state index contributed by atoms with van der Waals surface area (Å²) in [6.45, 7) is 4.42. The lowest BCUT2D eigenvalue weighted by molar-refractivity contribution is 0.208. The summed E-state index contributed by atoms with van der Waals surface area (Å²) >= 11 is 0. The van der Waals surface area contributed by atoms with Gasteiger partial charge in [-0.05, 0) is 58.0 Å². The molecule has 1 heterocycles. The van der Waals surface area contributed by atoms with E-state index in [1.165, 1.54) is 19.1 Å². The van der Waals surface area contributed by atoms with Gasteiger partial charge in [-0.3, -0.25) is 4.72 Å². The number of sulfonamides is 1. The molecule has 0 radical (unpaired) electrons. The second kappa shape index (κ2) is 6.66. The predicted octanol–water partition coefficient (Wildman–Crippen LogP) is 2.20. The minimum Gasteiger partial charge on any atom is -0.381 e. The van der Waals surface area contributed by atoms with Crippen molar-refractivity contribution in [3.63, 3.8) is 0 Å². The Morgan fingerprint density at radius 2 is 1.76 bits per heavy atom. The Morgan fingerprint density at radius 1 is 1.19 bits per heavy atom. The monoisotopic (exact) mass is 311 g/mol. The van der Waals surface area contributed by atoms with Crippen LogP contribution in [0.3, 0.4) is 0 Å². The molecule has 6 heteroatoms. The highest BCUT2D eigenvalue weighted by molar-refractivity contribution is 7.92. The summed E-state index contributed by atoms with van der Waals surface area (Å²) in [5, 5.41) is 3.47. The van der Waals surface area contributed by atoms with Crippen molar-refractivity contribution in [2.45, 2.75) is 25.8 Å². The fraction of sp³-hybridized carbons (Fsp3) is 0.600. The van der Waals surface area contributed by atoms with E-state index in [2.05, 4.69) is 28.9 Å². The normalized spacial score (nSPS) is 19.2. The number of rotatable bonds is 5. The Kier molecular flexibility index (Phi) is 5.11. The van der Waals surface area contributed by atoms with Gasteiger partial charge in [-0.2, -0.15) is 0 Å². The first-order valence-corrected chi connectivity index (χ1v) is 9.26. The molecule has 1 unspecified atom stereocenters. The highest BCUT2D eigenvalue weighted by atomic mass is 32.2. The summed E-state index contributed by atoms with van der Waals surface area (Å²) in [5.41, 5.74) is 1.45. The lowest BCUT2D eigenvalue weighted by Crippen LogP contribution is -2.37. The van der Waals surface area contributed by atoms with Crippen molar-refractivity contribution < 1.29 is 8.42 Å². The molecule has 118 valence electrons. The van der Waals surface area contributed by atoms with Crippen LogP contribution in [-0.2, 0) is 10.0 Å². The van der Waals surface area contributed by atoms with Crippen LogP contribution in [0.1, 0.15) is 19.8 Å². The summed E-state index contributed by atoms with van der Waals surface area (Å²) in [5.74, 6) is 0.618. The van der Waals surface area contributed by atoms with Gasteiger partial charge < -0.3 is 10.2 Å². The van der Waals surface area contributed by atoms with Gasteiger partial charge in [0.25, 0.3) is 0 Å². The third kappa shape index (κ3) is 4.89. The lowest BCUT2D eigenvalue weighted by atomic mass is 9.90. The largest absolute Gasteiger partial charge is 0.381 e. The number of likely N-dealkylation sites (tertiary alicyclic amines) is 1. The van der Waals surface area contributed by atoms with E-state index in [0.29, 0.717) is 17.6 Å². The molecule has 1 aromatic carbocycles. The Labute approximate surface area is 127 Å². The van der Waals surface area contributed by atoms with E-state index in [1.807, 2.05) is 18.2 Å². The van der Waals surface area contributed by atoms with Crippen molar-refractivity contribution in [2.24, 2.45) is 5.92 Å². The van der Waals surface area contributed by atoms with Crippen molar-refractivity contribution in [3.05, 3.63) is 24.3 Å². The molecule has 0 spiro atoms. The number of para-hydroxylation sites is 2. The van der Waals surface area contributed by atoms with E-state index < -0.39 is 10.0 Å². The first-order valence-electron chi connectivity index (χ1n) is 7.37. The molecular weight excluding hydrogens is 286 g/mol. The zero-order chi connectivity index (χ0) is 15.5. The van der Waals surface area contributed by atoms with Gasteiger partial charge in [0.15, 0.2) is 0 Å². The van der Waals surface area contributed by atoms with Gasteiger partial charge in [0.05, 0.1) is 17.6 Å². The molecule has 1 aliphatic heterocycles. The van der Waals surface area contributed by atoms with Gasteiger partial charge >= 0.3 is 0 Å². The number of piperidine rings is 1. The lowest BCUT2D eigenvalue weighted by Gasteiger charge is -2.33. The molecule has 1 aliphatic rings. The Morgan fingerprint density at radius 3 is 2.33 bits per heavy atom. The van der Waals surface area contributed by atoms with Gasteiger partial charge in [0.1, 0.15) is 0 Å². The van der Waals surface area contributed by atoms with Crippen LogP contribution in [0.25, 0.3) is 0 Å². The smallest absolute Gasteiger partial charge is 0.229 e. The topological polar surface area (TPSA) is 61.4 Å². The average Bonchev–Trinajstić information content (AvgIpc) is 2.40. The maximum Gasteiger partial charge on any atom is 0.229 e. The van der Waals surface area contributed by atoms with Gasteiger partial charge in [0, 0.05) is 6.04 Å². The van der Waals surface area contributed by atoms with Crippen molar-refractivity contribution in [2.75, 3.05) is 36.4 Å². The summed E-state index contributed by atoms with van der Waals surface area (Å²) in [4.78, 5) is 2.35. The molecule has 1 fully saturated rings. The van der Waals surface area contributed by atoms with E-state index in [-0.39, 0.29) is 0 Å². The molecule has 1 atom stereocenters. The van der Waals surface area contributed by atoms with E-state index in [1.54, 1.807) is 6.07 Å². The van der Waals surface area contributed by atoms with Crippen molar-refractivity contribution in [1.29, 1.82) is 0 Å². The van der Waals surface area contributed by atoms with Crippen LogP contribution >= 0.6 is 0 Å². The van der Waals surface area contributed by atoms with Gasteiger partial charge in [-0.25, -0.2) is 8.42 Å². The zero-order valence-corrected chi connectivity index (χ0v) is 13.8. The second-order valence-electron chi connectivity index (χ2n) is 5.99. The summed E-state index contributed by atoms with van der Waals surface area (Å²) in [6.07, 6.45) is 3.52. The molecular formula is C15H25N3O2S. The number of benzene rings is 1. The molecule has 1 saturated heterocycles. The Bertz CT molecular complexity index is 566. The number of hydrogen-bond donors (Lipinski definition) is 2. The van der Waals surface area contributed by atoms with Gasteiger partial charge in [-0.15, -0.1) is 0 Å². The van der Waals surface area contributed by atoms with E-state index in [0.717, 1.165) is 18.8 Å². The maximum atomic E-state index is 11.4. The number of nitrogens with zero attached hydrogens (tertiary/aromatic N) is 1. The molecule has 0 bridgehead atoms. The third-order valence-corrected chi connectivity index (χ3v) is 4.67. The number of anilines is 2. The molecule has 0 saturated carbocycles. The molecule has 0 aromatic heterocycles. The van der Waals surface area contributed by atoms with Crippen LogP contribution < -0.4 is 10.0 Å². The van der Waals surface area contributed by atoms with Crippen LogP contribution in [0.5, 0.6) is 0 Å². The summed E-state index contributed by atoms with van der Waals surface area (Å²) in [7, 11) is -1.11. The van der Waals surface area contributed by atoms with Crippen molar-refractivity contribution >= 4 is 21.4 Å². The van der Waals surface area contributed by atoms with Crippen LogP contribution in [0, 0.1) is 5.92 Å². The van der Waals surface area contributed by atoms with E-state index >= 15 is 0 Å². The minimum atomic E-state index is -3.26. The number of nitrogens with one attached hydrogen (secondary N) is 2. The number of hydrogen-bond acceptors (Lipinski definition) is 4. The minimum absolute atomic E-state index is 0.321. The first kappa shape index (κ1) is 16.1. The fourth-order valence-electron chi connectivity index (χ4n) is 2.79. The quantitative estimate of drug-likeness (QED) is 0.875. The molecule has 21 heavy (non-hydrogen) atoms. The van der Waals surface area contributed by atoms with E-state index in [4.69, 9.17) is 0 Å². The van der Waals surface area contributed by atoms with Crippen LogP contribution in [0.4, 0.5) is 11.4 Å². The second-order valence-corrected chi connectivity index (χ2v) is 7.74. The fourth-order valence-corrected chi connectivity index (χ4v) is 3.37. The highest BCUT2D eigenvalue weighted by Gasteiger charge is 2.22. The molecule has 2 rings (SSSR count). The predicted molar refractivity (Wildman–Crippen MR) is 88.2 cm³/mol. The zero-order valence-electron chi connectivity index (χ0n) is 13.0. The molecule has 1 aromatic rings. The summed E-state index contributed by atoms with van der Waals surface area (Å²) < 4.78 is 25.4. The van der Waals surface area contributed by atoms with Crippen LogP contribution in [0.15, 0.2) is 24.3 Å². The van der Waals surface area contributed by atoms with Crippen LogP contribution in [-0.4, -0.2) is 45.8 Å². The van der Waals surface area contributed by atoms with E-state index in [9.17, 15) is 8.42 Å². The maximum absolute atomic E-state index is 11.4. The van der Waals surface area contributed by atoms with Crippen molar-refractivity contribution in [3.8, 4) is 0 Å². The molecule has 5 nitrogen and oxygen atoms in total. The molecule has 0 amide bonds. The standard InChI is InChI=1S/C15H25N3O2S/c1-12(13-8-10-18(2)11-9-13)16-14-6-4-5-7-15(14)17-21(3,19)20/h4-7,12-13,16-17H,8-11H2,1-3H3. The SMILES string of the molecule is CC(Nc1ccccc1NS(C)(=O)=O)C1CCN(C)CC1. The molecule has 2 N–H and O–H groups in total. The Balaban J connectivity index is 2.05. The first-order chi connectivity index (χ1) is 9.85. The third-order valence-electron chi connectivity index (χ3n) is 4.08. The van der Waals surface area contributed by atoms with Crippen LogP contribution in [0.2, 0.25) is 0 Å². The summed E-state index contributed by atoms with van der Waals surface area (Å²) in [6, 6.07) is 7.76. The van der Waals surface area contributed by atoms with Gasteiger partial charge in [-0.1, -0.05) is 12.1 Å². The average molecular weight is 311 g/mol. The van der Waals surface area contributed by atoms with Crippen molar-refractivity contribution in [1.82, 2.24) is 4.90 Å². The molecule has 0 aliphatic carbocycles. The Hall–Kier alpha value is -1.27. The highest BCUT2D eigenvalue weighted by Crippen LogP contribution is 2.27. The van der Waals surface area contributed by atoms with Gasteiger partial charge in [0.2, 0.25) is 10.0 Å².